The molecule has 0 fully saturated rings. The van der Waals surface area contributed by atoms with Gasteiger partial charge in [0.15, 0.2) is 0 Å². The Hall–Kier alpha value is -5.46. The first-order valence-corrected chi connectivity index (χ1v) is 15.9. The molecule has 0 bridgehead atoms. The van der Waals surface area contributed by atoms with E-state index in [1.807, 2.05) is 0 Å². The minimum absolute atomic E-state index is 0.0485. The van der Waals surface area contributed by atoms with Gasteiger partial charge in [0.25, 0.3) is 0 Å². The highest BCUT2D eigenvalue weighted by molar-refractivity contribution is 6.21. The monoisotopic (exact) mass is 572 g/mol. The summed E-state index contributed by atoms with van der Waals surface area (Å²) in [5.41, 5.74) is 13.1. The van der Waals surface area contributed by atoms with Crippen LogP contribution >= 0.6 is 0 Å². The number of fused-ring (bicyclic) bond motifs is 6. The third-order valence-corrected chi connectivity index (χ3v) is 10.0. The van der Waals surface area contributed by atoms with Crippen LogP contribution in [0.3, 0.4) is 0 Å². The van der Waals surface area contributed by atoms with Crippen molar-refractivity contribution in [2.24, 2.45) is 0 Å². The molecule has 0 aromatic heterocycles. The molecule has 8 aromatic carbocycles. The molecule has 1 aliphatic rings. The van der Waals surface area contributed by atoms with Gasteiger partial charge in [-0.05, 0) is 106 Å². The first-order chi connectivity index (χ1) is 22.1. The molecule has 0 atom stereocenters. The molecule has 0 saturated carbocycles. The fraction of sp³-hybridized carbons (Fsp3) is 0.0667. The van der Waals surface area contributed by atoms with Gasteiger partial charge in [-0.2, -0.15) is 0 Å². The van der Waals surface area contributed by atoms with Gasteiger partial charge in [0.05, 0.1) is 0 Å². The fourth-order valence-electron chi connectivity index (χ4n) is 7.80. The van der Waals surface area contributed by atoms with Crippen LogP contribution in [-0.4, -0.2) is 0 Å². The Kier molecular flexibility index (Phi) is 5.64. The zero-order valence-corrected chi connectivity index (χ0v) is 25.5. The highest BCUT2D eigenvalue weighted by Crippen LogP contribution is 2.52. The maximum Gasteiger partial charge on any atom is 0.0159 e. The normalized spacial score (nSPS) is 13.3. The largest absolute Gasteiger partial charge is 0.0622 e. The molecule has 0 unspecified atom stereocenters. The van der Waals surface area contributed by atoms with E-state index in [0.717, 1.165) is 0 Å². The zero-order valence-electron chi connectivity index (χ0n) is 25.5. The molecule has 8 aromatic rings. The Morgan fingerprint density at radius 1 is 0.333 bits per heavy atom. The summed E-state index contributed by atoms with van der Waals surface area (Å²) in [5.74, 6) is 0. The maximum atomic E-state index is 2.46. The van der Waals surface area contributed by atoms with Crippen molar-refractivity contribution in [3.8, 4) is 44.5 Å². The summed E-state index contributed by atoms with van der Waals surface area (Å²) < 4.78 is 0. The SMILES string of the molecule is CC1(C)c2ccc(-c3c4ccccc4c(-c4ccc(-c5ccccc5)cc4)c4ccccc34)cc2-c2cc3ccccc3cc21. The summed E-state index contributed by atoms with van der Waals surface area (Å²) in [6, 6.07) is 58.4. The van der Waals surface area contributed by atoms with Gasteiger partial charge >= 0.3 is 0 Å². The molecular formula is C45H32. The molecule has 0 amide bonds. The number of hydrogen-bond donors (Lipinski definition) is 0. The standard InChI is InChI=1S/C45H32/c1-45(2)41-25-24-34(27-39(41)40-26-32-14-6-7-15-33(32)28-42(40)45)44-37-18-10-8-16-35(37)43(36-17-9-11-19-38(36)44)31-22-20-30(21-23-31)29-12-4-3-5-13-29/h3-28H,1-2H3. The smallest absolute Gasteiger partial charge is 0.0159 e. The van der Waals surface area contributed by atoms with Crippen molar-refractivity contribution in [1.29, 1.82) is 0 Å². The van der Waals surface area contributed by atoms with Gasteiger partial charge in [-0.1, -0.05) is 153 Å². The van der Waals surface area contributed by atoms with Crippen LogP contribution in [0.5, 0.6) is 0 Å². The lowest BCUT2D eigenvalue weighted by molar-refractivity contribution is 0.661. The van der Waals surface area contributed by atoms with Crippen molar-refractivity contribution in [2.45, 2.75) is 19.3 Å². The lowest BCUT2D eigenvalue weighted by atomic mass is 9.81. The molecule has 0 aliphatic heterocycles. The van der Waals surface area contributed by atoms with Crippen LogP contribution in [0.15, 0.2) is 158 Å². The second kappa shape index (κ2) is 9.78. The highest BCUT2D eigenvalue weighted by Gasteiger charge is 2.36. The van der Waals surface area contributed by atoms with E-state index < -0.39 is 0 Å². The molecular weight excluding hydrogens is 540 g/mol. The number of hydrogen-bond acceptors (Lipinski definition) is 0. The average Bonchev–Trinajstić information content (AvgIpc) is 3.31. The van der Waals surface area contributed by atoms with Crippen LogP contribution in [0.2, 0.25) is 0 Å². The molecule has 0 N–H and O–H groups in total. The van der Waals surface area contributed by atoms with Crippen molar-refractivity contribution in [1.82, 2.24) is 0 Å². The summed E-state index contributed by atoms with van der Waals surface area (Å²) in [7, 11) is 0. The summed E-state index contributed by atoms with van der Waals surface area (Å²) >= 11 is 0. The number of benzene rings is 8. The molecule has 0 spiro atoms. The second-order valence-electron chi connectivity index (χ2n) is 12.9. The van der Waals surface area contributed by atoms with Crippen LogP contribution in [-0.2, 0) is 5.41 Å². The second-order valence-corrected chi connectivity index (χ2v) is 12.9. The summed E-state index contributed by atoms with van der Waals surface area (Å²) in [6.07, 6.45) is 0. The van der Waals surface area contributed by atoms with E-state index in [4.69, 9.17) is 0 Å². The van der Waals surface area contributed by atoms with Gasteiger partial charge in [-0.15, -0.1) is 0 Å². The third kappa shape index (κ3) is 3.92. The quantitative estimate of drug-likeness (QED) is 0.185. The van der Waals surface area contributed by atoms with Gasteiger partial charge in [-0.3, -0.25) is 0 Å². The van der Waals surface area contributed by atoms with Gasteiger partial charge in [0.1, 0.15) is 0 Å². The predicted octanol–water partition coefficient (Wildman–Crippen LogP) is 12.5. The summed E-state index contributed by atoms with van der Waals surface area (Å²) in [5, 5.41) is 7.74. The Morgan fingerprint density at radius 2 is 0.778 bits per heavy atom. The van der Waals surface area contributed by atoms with Crippen molar-refractivity contribution >= 4 is 32.3 Å². The Bertz CT molecular complexity index is 2370. The Balaban J connectivity index is 1.28. The molecule has 0 nitrogen and oxygen atoms in total. The minimum atomic E-state index is -0.0485. The molecule has 212 valence electrons. The van der Waals surface area contributed by atoms with Crippen LogP contribution in [0.4, 0.5) is 0 Å². The van der Waals surface area contributed by atoms with Crippen molar-refractivity contribution < 1.29 is 0 Å². The van der Waals surface area contributed by atoms with Gasteiger partial charge in [0.2, 0.25) is 0 Å². The third-order valence-electron chi connectivity index (χ3n) is 10.0. The average molecular weight is 573 g/mol. The van der Waals surface area contributed by atoms with Crippen LogP contribution in [0, 0.1) is 0 Å². The van der Waals surface area contributed by atoms with Gasteiger partial charge < -0.3 is 0 Å². The van der Waals surface area contributed by atoms with E-state index in [2.05, 4.69) is 172 Å². The Labute approximate surface area is 264 Å². The van der Waals surface area contributed by atoms with Crippen molar-refractivity contribution in [2.75, 3.05) is 0 Å². The summed E-state index contributed by atoms with van der Waals surface area (Å²) in [6.45, 7) is 4.74. The molecule has 0 heterocycles. The number of rotatable bonds is 3. The lowest BCUT2D eigenvalue weighted by Gasteiger charge is -2.22. The van der Waals surface area contributed by atoms with Crippen LogP contribution in [0.1, 0.15) is 25.0 Å². The van der Waals surface area contributed by atoms with E-state index in [9.17, 15) is 0 Å². The zero-order chi connectivity index (χ0) is 30.1. The van der Waals surface area contributed by atoms with E-state index >= 15 is 0 Å². The van der Waals surface area contributed by atoms with Crippen LogP contribution < -0.4 is 0 Å². The molecule has 0 radical (unpaired) electrons. The van der Waals surface area contributed by atoms with Crippen molar-refractivity contribution in [3.05, 3.63) is 169 Å². The maximum absolute atomic E-state index is 2.46. The van der Waals surface area contributed by atoms with Crippen LogP contribution in [0.25, 0.3) is 76.8 Å². The predicted molar refractivity (Wildman–Crippen MR) is 193 cm³/mol. The highest BCUT2D eigenvalue weighted by atomic mass is 14.4. The minimum Gasteiger partial charge on any atom is -0.0622 e. The van der Waals surface area contributed by atoms with E-state index in [0.29, 0.717) is 0 Å². The van der Waals surface area contributed by atoms with Crippen molar-refractivity contribution in [3.63, 3.8) is 0 Å². The van der Waals surface area contributed by atoms with Gasteiger partial charge in [-0.25, -0.2) is 0 Å². The lowest BCUT2D eigenvalue weighted by Crippen LogP contribution is -2.14. The molecule has 0 saturated heterocycles. The van der Waals surface area contributed by atoms with E-state index in [-0.39, 0.29) is 5.41 Å². The molecule has 1 aliphatic carbocycles. The fourth-order valence-corrected chi connectivity index (χ4v) is 7.80. The molecule has 0 heteroatoms. The van der Waals surface area contributed by atoms with Gasteiger partial charge in [0, 0.05) is 5.41 Å². The Morgan fingerprint density at radius 3 is 1.40 bits per heavy atom. The first-order valence-electron chi connectivity index (χ1n) is 15.9. The topological polar surface area (TPSA) is 0 Å². The van der Waals surface area contributed by atoms with E-state index in [1.54, 1.807) is 0 Å². The molecule has 9 rings (SSSR count). The molecule has 45 heavy (non-hydrogen) atoms. The van der Waals surface area contributed by atoms with E-state index in [1.165, 1.54) is 88.0 Å². The first kappa shape index (κ1) is 26.0. The summed E-state index contributed by atoms with van der Waals surface area (Å²) in [4.78, 5) is 0.